The van der Waals surface area contributed by atoms with Gasteiger partial charge in [-0.15, -0.1) is 0 Å². The smallest absolute Gasteiger partial charge is 0.267 e. The lowest BCUT2D eigenvalue weighted by Gasteiger charge is -2.22. The number of sulfonamides is 1. The second-order valence-electron chi connectivity index (χ2n) is 5.44. The quantitative estimate of drug-likeness (QED) is 0.448. The van der Waals surface area contributed by atoms with Crippen molar-refractivity contribution in [3.63, 3.8) is 0 Å². The van der Waals surface area contributed by atoms with E-state index in [0.29, 0.717) is 11.4 Å². The van der Waals surface area contributed by atoms with Crippen LogP contribution in [-0.4, -0.2) is 25.2 Å². The van der Waals surface area contributed by atoms with Crippen LogP contribution in [0.15, 0.2) is 63.6 Å². The summed E-state index contributed by atoms with van der Waals surface area (Å²) in [6.07, 6.45) is 0.320. The fraction of sp³-hybridized carbons (Fsp3) is 0.167. The zero-order valence-electron chi connectivity index (χ0n) is 13.6. The number of carbonyl (C=O) groups is 1. The van der Waals surface area contributed by atoms with Crippen molar-refractivity contribution in [3.05, 3.63) is 74.8 Å². The molecule has 0 aromatic heterocycles. The van der Waals surface area contributed by atoms with Crippen LogP contribution in [0, 0.1) is 6.92 Å². The Kier molecular flexibility index (Phi) is 6.65. The molecule has 0 aliphatic carbocycles. The van der Waals surface area contributed by atoms with E-state index < -0.39 is 15.9 Å². The van der Waals surface area contributed by atoms with Crippen LogP contribution in [0.3, 0.4) is 0 Å². The summed E-state index contributed by atoms with van der Waals surface area (Å²) in [5, 5.41) is 0.538. The van der Waals surface area contributed by atoms with E-state index in [1.807, 2.05) is 19.1 Å². The fourth-order valence-electron chi connectivity index (χ4n) is 2.23. The van der Waals surface area contributed by atoms with Crippen molar-refractivity contribution < 1.29 is 13.2 Å². The molecule has 0 aliphatic rings. The molecule has 0 atom stereocenters. The van der Waals surface area contributed by atoms with Crippen molar-refractivity contribution in [3.8, 4) is 0 Å². The maximum atomic E-state index is 12.9. The molecule has 2 aromatic rings. The molecule has 0 unspecified atom stereocenters. The highest BCUT2D eigenvalue weighted by Gasteiger charge is 2.29. The van der Waals surface area contributed by atoms with Crippen molar-refractivity contribution in [2.45, 2.75) is 18.2 Å². The first kappa shape index (κ1) is 19.9. The number of aryl methyl sites for hydroxylation is 1. The third-order valence-corrected chi connectivity index (χ3v) is 6.24. The van der Waals surface area contributed by atoms with Crippen molar-refractivity contribution in [2.75, 3.05) is 6.54 Å². The first-order valence-electron chi connectivity index (χ1n) is 7.45. The lowest BCUT2D eigenvalue weighted by molar-refractivity contribution is -0.121. The average Bonchev–Trinajstić information content (AvgIpc) is 2.56. The maximum absolute atomic E-state index is 12.9. The predicted octanol–water partition coefficient (Wildman–Crippen LogP) is 4.36. The first-order valence-corrected chi connectivity index (χ1v) is 10.3. The van der Waals surface area contributed by atoms with Crippen molar-refractivity contribution in [1.29, 1.82) is 0 Å². The van der Waals surface area contributed by atoms with Gasteiger partial charge >= 0.3 is 0 Å². The molecule has 0 radical (unpaired) electrons. The highest BCUT2D eigenvalue weighted by Crippen LogP contribution is 2.22. The fourth-order valence-corrected chi connectivity index (χ4v) is 4.31. The summed E-state index contributed by atoms with van der Waals surface area (Å²) >= 11 is 7.86. The molecule has 7 heteroatoms. The molecule has 0 saturated heterocycles. The molecule has 0 fully saturated rings. The molecule has 0 saturated carbocycles. The third kappa shape index (κ3) is 4.83. The number of halogens is 2. The van der Waals surface area contributed by atoms with Crippen LogP contribution in [-0.2, 0) is 21.2 Å². The topological polar surface area (TPSA) is 54.5 Å². The molecule has 4 nitrogen and oxygen atoms in total. The lowest BCUT2D eigenvalue weighted by Crippen LogP contribution is -2.38. The molecule has 0 bridgehead atoms. The normalized spacial score (nSPS) is 11.2. The average molecular weight is 490 g/mol. The predicted molar refractivity (Wildman–Crippen MR) is 108 cm³/mol. The van der Waals surface area contributed by atoms with Crippen LogP contribution in [0.4, 0.5) is 0 Å². The Labute approximate surface area is 166 Å². The van der Waals surface area contributed by atoms with Crippen LogP contribution in [0.25, 0.3) is 0 Å². The summed E-state index contributed by atoms with van der Waals surface area (Å²) in [4.78, 5) is 12.5. The number of hydrogen-bond acceptors (Lipinski definition) is 3. The molecule has 132 valence electrons. The van der Waals surface area contributed by atoms with E-state index in [1.54, 1.807) is 46.9 Å². The molecule has 1 amide bonds. The zero-order valence-corrected chi connectivity index (χ0v) is 17.3. The Balaban J connectivity index is 2.35. The van der Waals surface area contributed by atoms with Crippen molar-refractivity contribution in [2.24, 2.45) is 0 Å². The number of carbonyl (C=O) groups excluding carboxylic acids is 1. The van der Waals surface area contributed by atoms with E-state index in [1.165, 1.54) is 12.1 Å². The maximum Gasteiger partial charge on any atom is 0.273 e. The van der Waals surface area contributed by atoms with Gasteiger partial charge in [-0.3, -0.25) is 4.79 Å². The standard InChI is InChI=1S/C18H17ClINO3S/c1-13-7-9-16(10-8-13)25(23,24)21(18(22)14(2)20)12-11-15-5-3-4-6-17(15)19/h3-10H,2,11-12H2,1H3. The number of hydrogen-bond donors (Lipinski definition) is 0. The summed E-state index contributed by atoms with van der Waals surface area (Å²) in [6.45, 7) is 5.43. The Morgan fingerprint density at radius 1 is 1.16 bits per heavy atom. The Morgan fingerprint density at radius 2 is 1.76 bits per heavy atom. The van der Waals surface area contributed by atoms with E-state index in [9.17, 15) is 13.2 Å². The summed E-state index contributed by atoms with van der Waals surface area (Å²) < 4.78 is 26.8. The van der Waals surface area contributed by atoms with Gasteiger partial charge in [-0.2, -0.15) is 0 Å². The zero-order chi connectivity index (χ0) is 18.6. The van der Waals surface area contributed by atoms with E-state index in [4.69, 9.17) is 11.6 Å². The van der Waals surface area contributed by atoms with Gasteiger partial charge in [0.25, 0.3) is 15.9 Å². The number of nitrogens with zero attached hydrogens (tertiary/aromatic N) is 1. The molecule has 2 aromatic carbocycles. The number of amides is 1. The highest BCUT2D eigenvalue weighted by molar-refractivity contribution is 14.1. The lowest BCUT2D eigenvalue weighted by atomic mass is 10.1. The minimum Gasteiger partial charge on any atom is -0.267 e. The molecule has 25 heavy (non-hydrogen) atoms. The number of benzene rings is 2. The van der Waals surface area contributed by atoms with Gasteiger partial charge in [0.15, 0.2) is 0 Å². The summed E-state index contributed by atoms with van der Waals surface area (Å²) in [5.41, 5.74) is 1.71. The molecule has 2 rings (SSSR count). The van der Waals surface area contributed by atoms with E-state index in [-0.39, 0.29) is 15.0 Å². The molecule has 0 heterocycles. The number of rotatable bonds is 6. The van der Waals surface area contributed by atoms with Crippen LogP contribution in [0.2, 0.25) is 5.02 Å². The molecule has 0 N–H and O–H groups in total. The minimum atomic E-state index is -3.97. The van der Waals surface area contributed by atoms with E-state index in [0.717, 1.165) is 15.4 Å². The summed E-state index contributed by atoms with van der Waals surface area (Å²) in [5.74, 6) is -0.631. The first-order chi connectivity index (χ1) is 11.7. The van der Waals surface area contributed by atoms with Gasteiger partial charge in [-0.05, 0) is 59.7 Å². The van der Waals surface area contributed by atoms with Gasteiger partial charge < -0.3 is 0 Å². The Hall–Kier alpha value is -1.38. The van der Waals surface area contributed by atoms with Gasteiger partial charge in [0.1, 0.15) is 0 Å². The van der Waals surface area contributed by atoms with Crippen molar-refractivity contribution in [1.82, 2.24) is 4.31 Å². The second-order valence-corrected chi connectivity index (χ2v) is 9.01. The SMILES string of the molecule is C=C(I)C(=O)N(CCc1ccccc1Cl)S(=O)(=O)c1ccc(C)cc1. The van der Waals surface area contributed by atoms with Crippen LogP contribution >= 0.6 is 34.2 Å². The van der Waals surface area contributed by atoms with E-state index in [2.05, 4.69) is 6.58 Å². The Morgan fingerprint density at radius 3 is 2.32 bits per heavy atom. The highest BCUT2D eigenvalue weighted by atomic mass is 127. The van der Waals surface area contributed by atoms with Gasteiger partial charge in [-0.1, -0.05) is 54.1 Å². The van der Waals surface area contributed by atoms with Gasteiger partial charge in [0.2, 0.25) is 0 Å². The van der Waals surface area contributed by atoms with Crippen LogP contribution < -0.4 is 0 Å². The van der Waals surface area contributed by atoms with Crippen LogP contribution in [0.5, 0.6) is 0 Å². The molecular formula is C18H17ClINO3S. The van der Waals surface area contributed by atoms with E-state index >= 15 is 0 Å². The van der Waals surface area contributed by atoms with Gasteiger partial charge in [-0.25, -0.2) is 12.7 Å². The summed E-state index contributed by atoms with van der Waals surface area (Å²) in [7, 11) is -3.97. The molecule has 0 aliphatic heterocycles. The van der Waals surface area contributed by atoms with Crippen LogP contribution in [0.1, 0.15) is 11.1 Å². The molecular weight excluding hydrogens is 473 g/mol. The monoisotopic (exact) mass is 489 g/mol. The van der Waals surface area contributed by atoms with Crippen molar-refractivity contribution >= 4 is 50.1 Å². The second kappa shape index (κ2) is 8.33. The minimum absolute atomic E-state index is 0.0131. The summed E-state index contributed by atoms with van der Waals surface area (Å²) in [6, 6.07) is 13.5. The van der Waals surface area contributed by atoms with Gasteiger partial charge in [0, 0.05) is 11.6 Å². The Bertz CT molecular complexity index is 895. The largest absolute Gasteiger partial charge is 0.273 e. The van der Waals surface area contributed by atoms with Gasteiger partial charge in [0.05, 0.1) is 8.48 Å². The molecule has 0 spiro atoms. The third-order valence-electron chi connectivity index (χ3n) is 3.61.